The van der Waals surface area contributed by atoms with E-state index in [1.807, 2.05) is 55.4 Å². The van der Waals surface area contributed by atoms with Crippen molar-refractivity contribution in [2.24, 2.45) is 23.7 Å². The molecule has 0 aromatic rings. The number of carbonyl (C=O) groups is 2. The van der Waals surface area contributed by atoms with Crippen LogP contribution >= 0.6 is 0 Å². The van der Waals surface area contributed by atoms with Crippen molar-refractivity contribution in [1.82, 2.24) is 0 Å². The third kappa shape index (κ3) is 24.4. The quantitative estimate of drug-likeness (QED) is 0.199. The van der Waals surface area contributed by atoms with E-state index < -0.39 is 0 Å². The Bertz CT molecular complexity index is 409. The van der Waals surface area contributed by atoms with E-state index in [2.05, 4.69) is 13.6 Å². The molecule has 0 aromatic carbocycles. The van der Waals surface area contributed by atoms with Crippen LogP contribution in [0.2, 0.25) is 0 Å². The monoisotopic (exact) mass is 472 g/mol. The number of carbonyl (C=O) groups excluding carboxylic acids is 4. The molecule has 0 aromatic heterocycles. The van der Waals surface area contributed by atoms with Crippen LogP contribution in [0.15, 0.2) is 23.7 Å². The first kappa shape index (κ1) is 36.3. The molecular formula is C20H34O6Ru. The SMILES string of the molecule is CC(C)C(=O)/C=C(\O)C(C)C.CC(C)C(=O)/C=C(\O)C(C)C.[CH-]=O.[CH-]=O.[Ru+2]. The van der Waals surface area contributed by atoms with E-state index >= 15 is 0 Å². The van der Waals surface area contributed by atoms with Gasteiger partial charge in [-0.3, -0.25) is 23.2 Å². The normalized spacial score (nSPS) is 10.7. The fraction of sp³-hybridized carbons (Fsp3) is 0.600. The molecule has 0 saturated carbocycles. The second-order valence-electron chi connectivity index (χ2n) is 6.56. The number of rotatable bonds is 6. The Balaban J connectivity index is -0.0000000975. The Hall–Kier alpha value is -1.62. The summed E-state index contributed by atoms with van der Waals surface area (Å²) >= 11 is 0. The molecule has 0 fully saturated rings. The molecule has 2 N–H and O–H groups in total. The molecule has 7 heteroatoms. The maximum Gasteiger partial charge on any atom is 2.00 e. The van der Waals surface area contributed by atoms with Gasteiger partial charge in [-0.15, -0.1) is 0 Å². The summed E-state index contributed by atoms with van der Waals surface area (Å²) in [6.45, 7) is 21.1. The third-order valence-electron chi connectivity index (χ3n) is 2.90. The molecule has 0 aliphatic carbocycles. The van der Waals surface area contributed by atoms with Crippen molar-refractivity contribution < 1.29 is 48.9 Å². The minimum Gasteiger partial charge on any atom is -0.545 e. The van der Waals surface area contributed by atoms with E-state index in [0.29, 0.717) is 0 Å². The largest absolute Gasteiger partial charge is 2.00 e. The van der Waals surface area contributed by atoms with Crippen LogP contribution in [-0.4, -0.2) is 35.4 Å². The zero-order chi connectivity index (χ0) is 22.0. The minimum atomic E-state index is -0.0316. The Kier molecular flexibility index (Phi) is 30.2. The molecular weight excluding hydrogens is 437 g/mol. The predicted octanol–water partition coefficient (Wildman–Crippen LogP) is 4.07. The Morgan fingerprint density at radius 2 is 0.778 bits per heavy atom. The molecule has 0 aliphatic heterocycles. The summed E-state index contributed by atoms with van der Waals surface area (Å²) in [5, 5.41) is 18.4. The zero-order valence-electron chi connectivity index (χ0n) is 17.5. The standard InChI is InChI=1S/2C9H16O2.2CHO.Ru/c2*1-6(2)8(10)5-9(11)7(3)4;2*1-2;/h2*5-7,10H,1-4H3;2*1H;/q;;2*-1;+2/b2*8-5-;;;. The van der Waals surface area contributed by atoms with Crippen LogP contribution in [0.25, 0.3) is 0 Å². The van der Waals surface area contributed by atoms with E-state index in [1.54, 1.807) is 0 Å². The number of allylic oxidation sites excluding steroid dienone is 4. The Morgan fingerprint density at radius 1 is 0.593 bits per heavy atom. The number of hydrogen-bond donors (Lipinski definition) is 2. The van der Waals surface area contributed by atoms with Crippen molar-refractivity contribution in [3.63, 3.8) is 0 Å². The summed E-state index contributed by atoms with van der Waals surface area (Å²) in [5.41, 5.74) is 0. The number of hydrogen-bond acceptors (Lipinski definition) is 6. The number of aliphatic hydroxyl groups excluding tert-OH is 2. The molecule has 0 bridgehead atoms. The predicted molar refractivity (Wildman–Crippen MR) is 104 cm³/mol. The molecule has 0 heterocycles. The van der Waals surface area contributed by atoms with Gasteiger partial charge in [0.2, 0.25) is 0 Å². The molecule has 0 aliphatic rings. The van der Waals surface area contributed by atoms with Gasteiger partial charge in [0, 0.05) is 35.8 Å². The van der Waals surface area contributed by atoms with Crippen LogP contribution in [0.4, 0.5) is 0 Å². The van der Waals surface area contributed by atoms with E-state index in [4.69, 9.17) is 9.59 Å². The molecule has 0 saturated heterocycles. The number of ketones is 2. The topological polar surface area (TPSA) is 109 Å². The zero-order valence-corrected chi connectivity index (χ0v) is 19.2. The van der Waals surface area contributed by atoms with Crippen molar-refractivity contribution in [1.29, 1.82) is 0 Å². The second-order valence-corrected chi connectivity index (χ2v) is 6.56. The number of aliphatic hydroxyl groups is 2. The van der Waals surface area contributed by atoms with E-state index in [9.17, 15) is 19.8 Å². The maximum absolute atomic E-state index is 11.0. The van der Waals surface area contributed by atoms with Crippen LogP contribution in [0.1, 0.15) is 55.4 Å². The fourth-order valence-electron chi connectivity index (χ4n) is 0.958. The Morgan fingerprint density at radius 3 is 0.889 bits per heavy atom. The smallest absolute Gasteiger partial charge is 0.545 e. The molecule has 158 valence electrons. The average molecular weight is 472 g/mol. The van der Waals surface area contributed by atoms with Crippen LogP contribution < -0.4 is 0 Å². The Labute approximate surface area is 176 Å². The summed E-state index contributed by atoms with van der Waals surface area (Å²) in [6, 6.07) is 0. The molecule has 0 rings (SSSR count). The molecule has 0 radical (unpaired) electrons. The third-order valence-corrected chi connectivity index (χ3v) is 2.90. The van der Waals surface area contributed by atoms with E-state index in [-0.39, 0.29) is 66.2 Å². The summed E-state index contributed by atoms with van der Waals surface area (Å²) in [7, 11) is 0. The average Bonchev–Trinajstić information content (AvgIpc) is 2.58. The fourth-order valence-corrected chi connectivity index (χ4v) is 0.958. The summed E-state index contributed by atoms with van der Waals surface area (Å²) in [6.07, 6.45) is 2.63. The van der Waals surface area contributed by atoms with Crippen molar-refractivity contribution in [2.75, 3.05) is 0 Å². The van der Waals surface area contributed by atoms with Gasteiger partial charge in [0.15, 0.2) is 11.6 Å². The van der Waals surface area contributed by atoms with Crippen LogP contribution in [0, 0.1) is 23.7 Å². The van der Waals surface area contributed by atoms with Crippen molar-refractivity contribution in [3.05, 3.63) is 23.7 Å². The summed E-state index contributed by atoms with van der Waals surface area (Å²) < 4.78 is 0. The van der Waals surface area contributed by atoms with Gasteiger partial charge < -0.3 is 19.8 Å². The molecule has 0 amide bonds. The first-order valence-electron chi connectivity index (χ1n) is 8.26. The molecule has 27 heavy (non-hydrogen) atoms. The second kappa shape index (κ2) is 22.4. The van der Waals surface area contributed by atoms with Gasteiger partial charge in [0.1, 0.15) is 0 Å². The first-order valence-corrected chi connectivity index (χ1v) is 8.26. The van der Waals surface area contributed by atoms with Crippen LogP contribution in [-0.2, 0) is 38.7 Å². The van der Waals surface area contributed by atoms with E-state index in [0.717, 1.165) is 0 Å². The van der Waals surface area contributed by atoms with Crippen molar-refractivity contribution in [2.45, 2.75) is 55.4 Å². The molecule has 0 atom stereocenters. The van der Waals surface area contributed by atoms with Gasteiger partial charge in [-0.1, -0.05) is 55.4 Å². The summed E-state index contributed by atoms with van der Waals surface area (Å²) in [4.78, 5) is 37.5. The van der Waals surface area contributed by atoms with Crippen molar-refractivity contribution in [3.8, 4) is 0 Å². The van der Waals surface area contributed by atoms with E-state index in [1.165, 1.54) is 12.2 Å². The van der Waals surface area contributed by atoms with Gasteiger partial charge in [0.25, 0.3) is 0 Å². The van der Waals surface area contributed by atoms with Gasteiger partial charge >= 0.3 is 19.5 Å². The van der Waals surface area contributed by atoms with Gasteiger partial charge in [-0.2, -0.15) is 0 Å². The van der Waals surface area contributed by atoms with Crippen LogP contribution in [0.5, 0.6) is 0 Å². The minimum absolute atomic E-state index is 0. The van der Waals surface area contributed by atoms with Crippen molar-refractivity contribution >= 4 is 25.1 Å². The first-order chi connectivity index (χ1) is 11.9. The van der Waals surface area contributed by atoms with Gasteiger partial charge in [0.05, 0.1) is 11.5 Å². The maximum atomic E-state index is 11.0. The molecule has 6 nitrogen and oxygen atoms in total. The summed E-state index contributed by atoms with van der Waals surface area (Å²) in [5.74, 6) is 0.321. The van der Waals surface area contributed by atoms with Crippen LogP contribution in [0.3, 0.4) is 0 Å². The van der Waals surface area contributed by atoms with Gasteiger partial charge in [-0.25, -0.2) is 0 Å². The van der Waals surface area contributed by atoms with Gasteiger partial charge in [-0.05, 0) is 0 Å². The molecule has 0 spiro atoms. The molecule has 0 unspecified atom stereocenters.